The van der Waals surface area contributed by atoms with Crippen molar-refractivity contribution >= 4 is 27.3 Å². The van der Waals surface area contributed by atoms with Crippen LogP contribution in [0.2, 0.25) is 0 Å². The van der Waals surface area contributed by atoms with Crippen molar-refractivity contribution in [3.05, 3.63) is 72.1 Å². The van der Waals surface area contributed by atoms with E-state index >= 15 is 0 Å². The SMILES string of the molecule is CC(C)(C)c1ccc(Nc2cc(NCc3cccc(S(N)(=O)=O)c3)ncn2)cc1. The highest BCUT2D eigenvalue weighted by Gasteiger charge is 2.13. The van der Waals surface area contributed by atoms with Crippen LogP contribution in [0, 0.1) is 0 Å². The molecule has 0 radical (unpaired) electrons. The summed E-state index contributed by atoms with van der Waals surface area (Å²) < 4.78 is 23.0. The number of benzene rings is 2. The molecule has 0 spiro atoms. The van der Waals surface area contributed by atoms with Gasteiger partial charge in [0.2, 0.25) is 10.0 Å². The van der Waals surface area contributed by atoms with Crippen molar-refractivity contribution in [2.75, 3.05) is 10.6 Å². The normalized spacial score (nSPS) is 11.9. The van der Waals surface area contributed by atoms with Crippen LogP contribution in [0.4, 0.5) is 17.3 Å². The van der Waals surface area contributed by atoms with Crippen LogP contribution in [-0.4, -0.2) is 18.4 Å². The van der Waals surface area contributed by atoms with Crippen LogP contribution in [0.5, 0.6) is 0 Å². The van der Waals surface area contributed by atoms with Crippen molar-refractivity contribution in [2.24, 2.45) is 5.14 Å². The standard InChI is InChI=1S/C21H25N5O2S/c1-21(2,3)16-7-9-17(10-8-16)26-20-12-19(24-14-25-20)23-13-15-5-4-6-18(11-15)29(22,27)28/h4-12,14H,13H2,1-3H3,(H2,22,27,28)(H2,23,24,25,26). The van der Waals surface area contributed by atoms with Crippen LogP contribution >= 0.6 is 0 Å². The predicted octanol–water partition coefficient (Wildman–Crippen LogP) is 3.78. The number of nitrogens with two attached hydrogens (primary N) is 1. The first kappa shape index (κ1) is 20.8. The van der Waals surface area contributed by atoms with Crippen molar-refractivity contribution < 1.29 is 8.42 Å². The molecule has 7 nitrogen and oxygen atoms in total. The summed E-state index contributed by atoms with van der Waals surface area (Å²) >= 11 is 0. The lowest BCUT2D eigenvalue weighted by atomic mass is 9.87. The van der Waals surface area contributed by atoms with Gasteiger partial charge in [0.05, 0.1) is 4.90 Å². The molecule has 152 valence electrons. The van der Waals surface area contributed by atoms with Crippen LogP contribution < -0.4 is 15.8 Å². The molecule has 3 aromatic rings. The topological polar surface area (TPSA) is 110 Å². The van der Waals surface area contributed by atoms with Crippen molar-refractivity contribution in [1.82, 2.24) is 9.97 Å². The van der Waals surface area contributed by atoms with E-state index in [0.29, 0.717) is 18.2 Å². The summed E-state index contributed by atoms with van der Waals surface area (Å²) in [7, 11) is -3.73. The third-order valence-corrected chi connectivity index (χ3v) is 5.30. The zero-order valence-electron chi connectivity index (χ0n) is 16.7. The largest absolute Gasteiger partial charge is 0.366 e. The Balaban J connectivity index is 1.67. The molecule has 0 bridgehead atoms. The van der Waals surface area contributed by atoms with Gasteiger partial charge >= 0.3 is 0 Å². The second kappa shape index (κ2) is 8.18. The number of aromatic nitrogens is 2. The average molecular weight is 412 g/mol. The molecule has 0 aliphatic carbocycles. The zero-order valence-corrected chi connectivity index (χ0v) is 17.5. The smallest absolute Gasteiger partial charge is 0.238 e. The van der Waals surface area contributed by atoms with Gasteiger partial charge in [-0.2, -0.15) is 0 Å². The molecular weight excluding hydrogens is 386 g/mol. The molecule has 0 amide bonds. The molecule has 0 saturated carbocycles. The molecule has 0 unspecified atom stereocenters. The fourth-order valence-corrected chi connectivity index (χ4v) is 3.33. The number of rotatable bonds is 6. The third-order valence-electron chi connectivity index (χ3n) is 4.39. The molecule has 29 heavy (non-hydrogen) atoms. The number of nitrogens with zero attached hydrogens (tertiary/aromatic N) is 2. The average Bonchev–Trinajstić information content (AvgIpc) is 2.66. The molecule has 0 aliphatic heterocycles. The van der Waals surface area contributed by atoms with Gasteiger partial charge in [0, 0.05) is 18.3 Å². The molecule has 8 heteroatoms. The summed E-state index contributed by atoms with van der Waals surface area (Å²) in [5.41, 5.74) is 3.08. The molecule has 1 aromatic heterocycles. The molecule has 3 rings (SSSR count). The highest BCUT2D eigenvalue weighted by Crippen LogP contribution is 2.25. The third kappa shape index (κ3) is 5.75. The van der Waals surface area contributed by atoms with Crippen LogP contribution in [0.1, 0.15) is 31.9 Å². The molecular formula is C21H25N5O2S. The number of sulfonamides is 1. The van der Waals surface area contributed by atoms with E-state index < -0.39 is 10.0 Å². The van der Waals surface area contributed by atoms with Gasteiger partial charge in [-0.1, -0.05) is 45.0 Å². The maximum Gasteiger partial charge on any atom is 0.238 e. The van der Waals surface area contributed by atoms with E-state index in [0.717, 1.165) is 11.3 Å². The summed E-state index contributed by atoms with van der Waals surface area (Å²) in [6.45, 7) is 6.93. The van der Waals surface area contributed by atoms with Gasteiger partial charge in [0.25, 0.3) is 0 Å². The molecule has 0 aliphatic rings. The number of hydrogen-bond donors (Lipinski definition) is 3. The Morgan fingerprint density at radius 1 is 0.966 bits per heavy atom. The minimum absolute atomic E-state index is 0.0838. The summed E-state index contributed by atoms with van der Waals surface area (Å²) in [6, 6.07) is 16.5. The van der Waals surface area contributed by atoms with Crippen LogP contribution in [0.3, 0.4) is 0 Å². The minimum Gasteiger partial charge on any atom is -0.366 e. The number of anilines is 3. The molecule has 0 atom stereocenters. The number of hydrogen-bond acceptors (Lipinski definition) is 6. The van der Waals surface area contributed by atoms with Crippen LogP contribution in [0.25, 0.3) is 0 Å². The van der Waals surface area contributed by atoms with E-state index in [1.54, 1.807) is 18.2 Å². The van der Waals surface area contributed by atoms with E-state index in [-0.39, 0.29) is 10.3 Å². The summed E-state index contributed by atoms with van der Waals surface area (Å²) in [5, 5.41) is 11.6. The Kier molecular flexibility index (Phi) is 5.86. The first-order chi connectivity index (χ1) is 13.6. The molecule has 1 heterocycles. The summed E-state index contributed by atoms with van der Waals surface area (Å²) in [5.74, 6) is 1.28. The van der Waals surface area contributed by atoms with Gasteiger partial charge < -0.3 is 10.6 Å². The van der Waals surface area contributed by atoms with Crippen LogP contribution in [-0.2, 0) is 22.0 Å². The van der Waals surface area contributed by atoms with Gasteiger partial charge in [0.1, 0.15) is 18.0 Å². The fourth-order valence-electron chi connectivity index (χ4n) is 2.75. The number of primary sulfonamides is 1. The van der Waals surface area contributed by atoms with Crippen molar-refractivity contribution in [1.29, 1.82) is 0 Å². The Bertz CT molecular complexity index is 1090. The minimum atomic E-state index is -3.73. The molecule has 0 saturated heterocycles. The lowest BCUT2D eigenvalue weighted by Gasteiger charge is -2.19. The van der Waals surface area contributed by atoms with Crippen LogP contribution in [0.15, 0.2) is 65.8 Å². The maximum atomic E-state index is 11.5. The Morgan fingerprint density at radius 2 is 1.66 bits per heavy atom. The van der Waals surface area contributed by atoms with Crippen molar-refractivity contribution in [3.8, 4) is 0 Å². The first-order valence-electron chi connectivity index (χ1n) is 9.16. The van der Waals surface area contributed by atoms with E-state index in [2.05, 4.69) is 53.5 Å². The second-order valence-electron chi connectivity index (χ2n) is 7.79. The van der Waals surface area contributed by atoms with E-state index in [1.165, 1.54) is 18.0 Å². The van der Waals surface area contributed by atoms with Gasteiger partial charge in [-0.3, -0.25) is 0 Å². The Hall–Kier alpha value is -2.97. The Morgan fingerprint density at radius 3 is 2.31 bits per heavy atom. The molecule has 4 N–H and O–H groups in total. The Labute approximate surface area is 171 Å². The summed E-state index contributed by atoms with van der Waals surface area (Å²) in [4.78, 5) is 8.54. The fraction of sp³-hybridized carbons (Fsp3) is 0.238. The van der Waals surface area contributed by atoms with Gasteiger partial charge in [-0.15, -0.1) is 0 Å². The van der Waals surface area contributed by atoms with E-state index in [4.69, 9.17) is 5.14 Å². The number of nitrogens with one attached hydrogen (secondary N) is 2. The second-order valence-corrected chi connectivity index (χ2v) is 9.35. The highest BCUT2D eigenvalue weighted by atomic mass is 32.2. The first-order valence-corrected chi connectivity index (χ1v) is 10.7. The van der Waals surface area contributed by atoms with Crippen molar-refractivity contribution in [2.45, 2.75) is 37.6 Å². The lowest BCUT2D eigenvalue weighted by molar-refractivity contribution is 0.590. The molecule has 0 fully saturated rings. The van der Waals surface area contributed by atoms with Crippen molar-refractivity contribution in [3.63, 3.8) is 0 Å². The molecule has 2 aromatic carbocycles. The van der Waals surface area contributed by atoms with Gasteiger partial charge in [-0.25, -0.2) is 23.5 Å². The lowest BCUT2D eigenvalue weighted by Crippen LogP contribution is -2.12. The highest BCUT2D eigenvalue weighted by molar-refractivity contribution is 7.89. The zero-order chi connectivity index (χ0) is 21.1. The van der Waals surface area contributed by atoms with E-state index in [9.17, 15) is 8.42 Å². The maximum absolute atomic E-state index is 11.5. The predicted molar refractivity (Wildman–Crippen MR) is 116 cm³/mol. The summed E-state index contributed by atoms with van der Waals surface area (Å²) in [6.07, 6.45) is 1.47. The van der Waals surface area contributed by atoms with Gasteiger partial charge in [0.15, 0.2) is 0 Å². The quantitative estimate of drug-likeness (QED) is 0.569. The van der Waals surface area contributed by atoms with E-state index in [1.807, 2.05) is 18.2 Å². The van der Waals surface area contributed by atoms with Gasteiger partial charge in [-0.05, 0) is 40.8 Å². The monoisotopic (exact) mass is 411 g/mol.